The van der Waals surface area contributed by atoms with Crippen LogP contribution in [0.1, 0.15) is 19.4 Å². The largest absolute Gasteiger partial charge is 0.492 e. The van der Waals surface area contributed by atoms with Crippen LogP contribution in [-0.2, 0) is 0 Å². The molecule has 0 radical (unpaired) electrons. The van der Waals surface area contributed by atoms with Crippen molar-refractivity contribution < 1.29 is 9.53 Å². The molecule has 2 amide bonds. The number of carbonyl (C=O) groups is 1. The van der Waals surface area contributed by atoms with Crippen LogP contribution in [0.15, 0.2) is 42.5 Å². The lowest BCUT2D eigenvalue weighted by molar-refractivity contribution is 0.247. The van der Waals surface area contributed by atoms with E-state index in [9.17, 15) is 4.79 Å². The van der Waals surface area contributed by atoms with Crippen LogP contribution < -0.4 is 20.3 Å². The molecule has 0 unspecified atom stereocenters. The van der Waals surface area contributed by atoms with Gasteiger partial charge in [0.2, 0.25) is 0 Å². The van der Waals surface area contributed by atoms with Crippen molar-refractivity contribution in [1.82, 2.24) is 5.32 Å². The van der Waals surface area contributed by atoms with Gasteiger partial charge in [0.1, 0.15) is 12.4 Å². The average molecular weight is 376 g/mol. The van der Waals surface area contributed by atoms with Gasteiger partial charge in [-0.25, -0.2) is 4.79 Å². The molecule has 26 heavy (non-hydrogen) atoms. The Hall–Kier alpha value is -2.40. The number of ether oxygens (including phenoxy) is 1. The SMILES string of the molecule is CCN(CC)c1ccc(NC(=O)NCCOc2cccc(Cl)c2)c(C)c1. The van der Waals surface area contributed by atoms with Gasteiger partial charge in [0.05, 0.1) is 6.54 Å². The number of benzene rings is 2. The Morgan fingerprint density at radius 3 is 2.58 bits per heavy atom. The third-order valence-electron chi connectivity index (χ3n) is 4.04. The average Bonchev–Trinajstić information content (AvgIpc) is 2.62. The summed E-state index contributed by atoms with van der Waals surface area (Å²) in [7, 11) is 0. The number of nitrogens with zero attached hydrogens (tertiary/aromatic N) is 1. The van der Waals surface area contributed by atoms with Crippen molar-refractivity contribution in [1.29, 1.82) is 0 Å². The lowest BCUT2D eigenvalue weighted by atomic mass is 10.1. The number of hydrogen-bond acceptors (Lipinski definition) is 3. The molecule has 0 aliphatic heterocycles. The van der Waals surface area contributed by atoms with Crippen molar-refractivity contribution in [2.24, 2.45) is 0 Å². The summed E-state index contributed by atoms with van der Waals surface area (Å²) in [5.74, 6) is 0.683. The molecule has 0 saturated carbocycles. The van der Waals surface area contributed by atoms with Gasteiger partial charge in [-0.3, -0.25) is 0 Å². The fraction of sp³-hybridized carbons (Fsp3) is 0.350. The molecule has 0 saturated heterocycles. The predicted octanol–water partition coefficient (Wildman–Crippen LogP) is 4.70. The van der Waals surface area contributed by atoms with Crippen molar-refractivity contribution >= 4 is 29.0 Å². The van der Waals surface area contributed by atoms with E-state index in [2.05, 4.69) is 35.4 Å². The highest BCUT2D eigenvalue weighted by Gasteiger charge is 2.07. The third kappa shape index (κ3) is 5.85. The number of anilines is 2. The molecule has 6 heteroatoms. The van der Waals surface area contributed by atoms with E-state index in [1.165, 1.54) is 0 Å². The first-order valence-electron chi connectivity index (χ1n) is 8.82. The minimum atomic E-state index is -0.251. The van der Waals surface area contributed by atoms with Gasteiger partial charge in [0.15, 0.2) is 0 Å². The van der Waals surface area contributed by atoms with Crippen LogP contribution in [0.2, 0.25) is 5.02 Å². The summed E-state index contributed by atoms with van der Waals surface area (Å²) in [6.45, 7) is 8.92. The molecule has 2 rings (SSSR count). The van der Waals surface area contributed by atoms with Crippen LogP contribution in [0, 0.1) is 6.92 Å². The zero-order valence-corrected chi connectivity index (χ0v) is 16.3. The molecule has 0 aliphatic rings. The zero-order chi connectivity index (χ0) is 18.9. The van der Waals surface area contributed by atoms with E-state index >= 15 is 0 Å². The summed E-state index contributed by atoms with van der Waals surface area (Å²) < 4.78 is 5.55. The van der Waals surface area contributed by atoms with Gasteiger partial charge < -0.3 is 20.3 Å². The highest BCUT2D eigenvalue weighted by molar-refractivity contribution is 6.30. The normalized spacial score (nSPS) is 10.3. The van der Waals surface area contributed by atoms with Crippen molar-refractivity contribution in [3.05, 3.63) is 53.1 Å². The molecular formula is C20H26ClN3O2. The Kier molecular flexibility index (Phi) is 7.60. The Bertz CT molecular complexity index is 733. The van der Waals surface area contributed by atoms with Crippen LogP contribution in [0.25, 0.3) is 0 Å². The quantitative estimate of drug-likeness (QED) is 0.658. The number of urea groups is 1. The number of halogens is 1. The molecule has 0 aromatic heterocycles. The van der Waals surface area contributed by atoms with Crippen LogP contribution in [0.5, 0.6) is 5.75 Å². The summed E-state index contributed by atoms with van der Waals surface area (Å²) in [5.41, 5.74) is 2.99. The number of carbonyl (C=O) groups excluding carboxylic acids is 1. The van der Waals surface area contributed by atoms with Crippen molar-refractivity contribution in [3.63, 3.8) is 0 Å². The van der Waals surface area contributed by atoms with Gasteiger partial charge >= 0.3 is 6.03 Å². The minimum Gasteiger partial charge on any atom is -0.492 e. The van der Waals surface area contributed by atoms with Crippen LogP contribution >= 0.6 is 11.6 Å². The van der Waals surface area contributed by atoms with E-state index in [0.717, 1.165) is 30.0 Å². The molecule has 0 atom stereocenters. The van der Waals surface area contributed by atoms with E-state index in [1.54, 1.807) is 12.1 Å². The van der Waals surface area contributed by atoms with Crippen LogP contribution in [0.3, 0.4) is 0 Å². The fourth-order valence-electron chi connectivity index (χ4n) is 2.63. The van der Waals surface area contributed by atoms with Gasteiger partial charge in [-0.15, -0.1) is 0 Å². The van der Waals surface area contributed by atoms with Crippen molar-refractivity contribution in [2.75, 3.05) is 36.5 Å². The first-order valence-corrected chi connectivity index (χ1v) is 9.20. The summed E-state index contributed by atoms with van der Waals surface area (Å²) in [4.78, 5) is 14.3. The summed E-state index contributed by atoms with van der Waals surface area (Å²) in [6.07, 6.45) is 0. The lowest BCUT2D eigenvalue weighted by Gasteiger charge is -2.22. The second kappa shape index (κ2) is 9.92. The fourth-order valence-corrected chi connectivity index (χ4v) is 2.81. The van der Waals surface area contributed by atoms with Gasteiger partial charge in [0.25, 0.3) is 0 Å². The Labute approximate surface area is 160 Å². The number of amides is 2. The highest BCUT2D eigenvalue weighted by atomic mass is 35.5. The maximum atomic E-state index is 12.1. The Morgan fingerprint density at radius 2 is 1.92 bits per heavy atom. The van der Waals surface area contributed by atoms with Gasteiger partial charge in [-0.2, -0.15) is 0 Å². The Morgan fingerprint density at radius 1 is 1.15 bits per heavy atom. The Balaban J connectivity index is 1.80. The lowest BCUT2D eigenvalue weighted by Crippen LogP contribution is -2.32. The van der Waals surface area contributed by atoms with Gasteiger partial charge in [-0.1, -0.05) is 17.7 Å². The van der Waals surface area contributed by atoms with E-state index in [0.29, 0.717) is 23.9 Å². The smallest absolute Gasteiger partial charge is 0.319 e. The van der Waals surface area contributed by atoms with Crippen LogP contribution in [-0.4, -0.2) is 32.3 Å². The molecule has 140 valence electrons. The summed E-state index contributed by atoms with van der Waals surface area (Å²) in [6, 6.07) is 13.0. The highest BCUT2D eigenvalue weighted by Crippen LogP contribution is 2.22. The number of aryl methyl sites for hydroxylation is 1. The minimum absolute atomic E-state index is 0.251. The third-order valence-corrected chi connectivity index (χ3v) is 4.27. The van der Waals surface area contributed by atoms with Gasteiger partial charge in [-0.05, 0) is 62.7 Å². The summed E-state index contributed by atoms with van der Waals surface area (Å²) >= 11 is 5.90. The number of hydrogen-bond donors (Lipinski definition) is 2. The second-order valence-electron chi connectivity index (χ2n) is 5.86. The molecule has 2 aromatic carbocycles. The first-order chi connectivity index (χ1) is 12.5. The molecule has 5 nitrogen and oxygen atoms in total. The van der Waals surface area contributed by atoms with Gasteiger partial charge in [0, 0.05) is 29.5 Å². The molecule has 0 spiro atoms. The standard InChI is InChI=1S/C20H26ClN3O2/c1-4-24(5-2)17-9-10-19(15(3)13-17)23-20(25)22-11-12-26-18-8-6-7-16(21)14-18/h6-10,13-14H,4-5,11-12H2,1-3H3,(H2,22,23,25). The monoisotopic (exact) mass is 375 g/mol. The number of nitrogens with one attached hydrogen (secondary N) is 2. The predicted molar refractivity (Wildman–Crippen MR) is 109 cm³/mol. The van der Waals surface area contributed by atoms with Crippen LogP contribution in [0.4, 0.5) is 16.2 Å². The van der Waals surface area contributed by atoms with Crippen molar-refractivity contribution in [3.8, 4) is 5.75 Å². The molecule has 0 aliphatic carbocycles. The van der Waals surface area contributed by atoms with E-state index in [4.69, 9.17) is 16.3 Å². The molecule has 0 fully saturated rings. The molecular weight excluding hydrogens is 350 g/mol. The summed E-state index contributed by atoms with van der Waals surface area (Å²) in [5, 5.41) is 6.28. The molecule has 0 bridgehead atoms. The maximum Gasteiger partial charge on any atom is 0.319 e. The number of rotatable bonds is 8. The first kappa shape index (κ1) is 19.9. The molecule has 0 heterocycles. The van der Waals surface area contributed by atoms with Crippen molar-refractivity contribution in [2.45, 2.75) is 20.8 Å². The second-order valence-corrected chi connectivity index (χ2v) is 6.29. The van der Waals surface area contributed by atoms with E-state index in [-0.39, 0.29) is 6.03 Å². The van der Waals surface area contributed by atoms with E-state index < -0.39 is 0 Å². The molecule has 2 N–H and O–H groups in total. The topological polar surface area (TPSA) is 53.6 Å². The van der Waals surface area contributed by atoms with E-state index in [1.807, 2.05) is 31.2 Å². The zero-order valence-electron chi connectivity index (χ0n) is 15.5. The molecule has 2 aromatic rings. The maximum absolute atomic E-state index is 12.1.